The van der Waals surface area contributed by atoms with Crippen LogP contribution in [0.1, 0.15) is 11.1 Å². The number of pyridine rings is 1. The van der Waals surface area contributed by atoms with E-state index in [1.807, 2.05) is 36.7 Å². The highest BCUT2D eigenvalue weighted by molar-refractivity contribution is 5.26. The Labute approximate surface area is 89.2 Å². The molecule has 0 amide bonds. The van der Waals surface area contributed by atoms with Gasteiger partial charge in [-0.1, -0.05) is 12.1 Å². The van der Waals surface area contributed by atoms with Gasteiger partial charge >= 0.3 is 0 Å². The van der Waals surface area contributed by atoms with E-state index >= 15 is 0 Å². The lowest BCUT2D eigenvalue weighted by atomic mass is 10.1. The second-order valence-corrected chi connectivity index (χ2v) is 3.52. The number of phenols is 1. The SMILES string of the molecule is Oc1ccc(CCc2ccncc2)cc1. The summed E-state index contributed by atoms with van der Waals surface area (Å²) in [5, 5.41) is 9.13. The first kappa shape index (κ1) is 9.71. The van der Waals surface area contributed by atoms with E-state index in [1.165, 1.54) is 11.1 Å². The van der Waals surface area contributed by atoms with Gasteiger partial charge in [-0.25, -0.2) is 0 Å². The maximum atomic E-state index is 9.13. The van der Waals surface area contributed by atoms with Gasteiger partial charge in [0.15, 0.2) is 0 Å². The summed E-state index contributed by atoms with van der Waals surface area (Å²) in [5.41, 5.74) is 2.53. The van der Waals surface area contributed by atoms with Crippen molar-refractivity contribution in [2.45, 2.75) is 12.8 Å². The van der Waals surface area contributed by atoms with Crippen LogP contribution in [0.2, 0.25) is 0 Å². The average molecular weight is 199 g/mol. The minimum Gasteiger partial charge on any atom is -0.508 e. The van der Waals surface area contributed by atoms with Crippen molar-refractivity contribution >= 4 is 0 Å². The smallest absolute Gasteiger partial charge is 0.115 e. The van der Waals surface area contributed by atoms with Crippen molar-refractivity contribution in [2.24, 2.45) is 0 Å². The summed E-state index contributed by atoms with van der Waals surface area (Å²) >= 11 is 0. The van der Waals surface area contributed by atoms with Gasteiger partial charge in [-0.05, 0) is 48.2 Å². The Morgan fingerprint density at radius 2 is 1.33 bits per heavy atom. The number of nitrogens with zero attached hydrogens (tertiary/aromatic N) is 1. The third-order valence-corrected chi connectivity index (χ3v) is 2.39. The lowest BCUT2D eigenvalue weighted by Gasteiger charge is -2.01. The molecule has 15 heavy (non-hydrogen) atoms. The van der Waals surface area contributed by atoms with Crippen molar-refractivity contribution in [3.8, 4) is 5.75 Å². The molecule has 2 nitrogen and oxygen atoms in total. The molecule has 0 aliphatic rings. The Kier molecular flexibility index (Phi) is 2.98. The van der Waals surface area contributed by atoms with Crippen LogP contribution in [0.15, 0.2) is 48.8 Å². The Bertz CT molecular complexity index is 408. The van der Waals surface area contributed by atoms with Crippen molar-refractivity contribution in [1.82, 2.24) is 4.98 Å². The van der Waals surface area contributed by atoms with Gasteiger partial charge in [0, 0.05) is 12.4 Å². The molecule has 1 aromatic heterocycles. The second kappa shape index (κ2) is 4.60. The van der Waals surface area contributed by atoms with Crippen molar-refractivity contribution in [2.75, 3.05) is 0 Å². The van der Waals surface area contributed by atoms with E-state index in [9.17, 15) is 0 Å². The van der Waals surface area contributed by atoms with Gasteiger partial charge in [-0.2, -0.15) is 0 Å². The topological polar surface area (TPSA) is 33.1 Å². The largest absolute Gasteiger partial charge is 0.508 e. The lowest BCUT2D eigenvalue weighted by Crippen LogP contribution is -1.90. The molecule has 0 atom stereocenters. The van der Waals surface area contributed by atoms with E-state index in [2.05, 4.69) is 4.98 Å². The van der Waals surface area contributed by atoms with Gasteiger partial charge in [0.2, 0.25) is 0 Å². The van der Waals surface area contributed by atoms with Crippen LogP contribution in [0.25, 0.3) is 0 Å². The molecule has 0 aliphatic heterocycles. The van der Waals surface area contributed by atoms with Crippen LogP contribution in [0, 0.1) is 0 Å². The molecule has 2 aromatic rings. The molecule has 0 saturated carbocycles. The first-order valence-corrected chi connectivity index (χ1v) is 5.01. The molecule has 1 aromatic carbocycles. The average Bonchev–Trinajstić information content (AvgIpc) is 2.30. The van der Waals surface area contributed by atoms with Gasteiger partial charge in [-0.15, -0.1) is 0 Å². The first-order valence-electron chi connectivity index (χ1n) is 5.01. The lowest BCUT2D eigenvalue weighted by molar-refractivity contribution is 0.475. The second-order valence-electron chi connectivity index (χ2n) is 3.52. The summed E-state index contributed by atoms with van der Waals surface area (Å²) in [6, 6.07) is 11.4. The Morgan fingerprint density at radius 1 is 0.800 bits per heavy atom. The van der Waals surface area contributed by atoms with Crippen molar-refractivity contribution in [1.29, 1.82) is 0 Å². The Hall–Kier alpha value is -1.83. The minimum absolute atomic E-state index is 0.322. The Morgan fingerprint density at radius 3 is 1.93 bits per heavy atom. The molecule has 1 heterocycles. The molecule has 0 radical (unpaired) electrons. The van der Waals surface area contributed by atoms with E-state index < -0.39 is 0 Å². The highest BCUT2D eigenvalue weighted by Gasteiger charge is 1.95. The van der Waals surface area contributed by atoms with E-state index in [1.54, 1.807) is 12.1 Å². The number of rotatable bonds is 3. The predicted molar refractivity (Wildman–Crippen MR) is 59.8 cm³/mol. The number of aromatic hydroxyl groups is 1. The summed E-state index contributed by atoms with van der Waals surface area (Å²) in [4.78, 5) is 3.98. The zero-order chi connectivity index (χ0) is 10.5. The van der Waals surface area contributed by atoms with Crippen molar-refractivity contribution in [3.63, 3.8) is 0 Å². The molecular formula is C13H13NO. The van der Waals surface area contributed by atoms with E-state index in [0.29, 0.717) is 5.75 Å². The summed E-state index contributed by atoms with van der Waals surface area (Å²) in [6.45, 7) is 0. The van der Waals surface area contributed by atoms with E-state index in [-0.39, 0.29) is 0 Å². The number of hydrogen-bond acceptors (Lipinski definition) is 2. The van der Waals surface area contributed by atoms with Gasteiger partial charge in [0.1, 0.15) is 5.75 Å². The van der Waals surface area contributed by atoms with Gasteiger partial charge < -0.3 is 5.11 Å². The molecule has 1 N–H and O–H groups in total. The fourth-order valence-corrected chi connectivity index (χ4v) is 1.50. The quantitative estimate of drug-likeness (QED) is 0.824. The number of aromatic nitrogens is 1. The molecule has 0 bridgehead atoms. The van der Waals surface area contributed by atoms with Crippen LogP contribution < -0.4 is 0 Å². The highest BCUT2D eigenvalue weighted by Crippen LogP contribution is 2.11. The van der Waals surface area contributed by atoms with Crippen LogP contribution >= 0.6 is 0 Å². The molecule has 0 unspecified atom stereocenters. The third kappa shape index (κ3) is 2.81. The number of phenolic OH excluding ortho intramolecular Hbond substituents is 1. The summed E-state index contributed by atoms with van der Waals surface area (Å²) in [7, 11) is 0. The highest BCUT2D eigenvalue weighted by atomic mass is 16.3. The minimum atomic E-state index is 0.322. The first-order chi connectivity index (χ1) is 7.34. The Balaban J connectivity index is 1.96. The molecular weight excluding hydrogens is 186 g/mol. The van der Waals surface area contributed by atoms with Gasteiger partial charge in [-0.3, -0.25) is 4.98 Å². The van der Waals surface area contributed by atoms with Gasteiger partial charge in [0.05, 0.1) is 0 Å². The van der Waals surface area contributed by atoms with Crippen LogP contribution in [0.4, 0.5) is 0 Å². The molecule has 0 fully saturated rings. The predicted octanol–water partition coefficient (Wildman–Crippen LogP) is 2.57. The normalized spacial score (nSPS) is 10.1. The zero-order valence-electron chi connectivity index (χ0n) is 8.43. The fourth-order valence-electron chi connectivity index (χ4n) is 1.50. The van der Waals surface area contributed by atoms with Crippen molar-refractivity contribution < 1.29 is 5.11 Å². The van der Waals surface area contributed by atoms with Crippen LogP contribution in [-0.2, 0) is 12.8 Å². The van der Waals surface area contributed by atoms with Gasteiger partial charge in [0.25, 0.3) is 0 Å². The molecule has 76 valence electrons. The van der Waals surface area contributed by atoms with Crippen LogP contribution in [0.5, 0.6) is 5.75 Å². The monoisotopic (exact) mass is 199 g/mol. The van der Waals surface area contributed by atoms with Crippen molar-refractivity contribution in [3.05, 3.63) is 59.9 Å². The number of benzene rings is 1. The van der Waals surface area contributed by atoms with Crippen LogP contribution in [-0.4, -0.2) is 10.1 Å². The summed E-state index contributed by atoms with van der Waals surface area (Å²) in [6.07, 6.45) is 5.62. The maximum Gasteiger partial charge on any atom is 0.115 e. The summed E-state index contributed by atoms with van der Waals surface area (Å²) in [5.74, 6) is 0.322. The molecule has 0 saturated heterocycles. The molecule has 0 spiro atoms. The third-order valence-electron chi connectivity index (χ3n) is 2.39. The molecule has 2 rings (SSSR count). The standard InChI is InChI=1S/C13H13NO/c15-13-5-3-11(4-6-13)1-2-12-7-9-14-10-8-12/h3-10,15H,1-2H2. The fraction of sp³-hybridized carbons (Fsp3) is 0.154. The van der Waals surface area contributed by atoms with E-state index in [4.69, 9.17) is 5.11 Å². The van der Waals surface area contributed by atoms with E-state index in [0.717, 1.165) is 12.8 Å². The molecule has 2 heteroatoms. The maximum absolute atomic E-state index is 9.13. The summed E-state index contributed by atoms with van der Waals surface area (Å²) < 4.78 is 0. The number of hydrogen-bond donors (Lipinski definition) is 1. The number of aryl methyl sites for hydroxylation is 2. The zero-order valence-corrected chi connectivity index (χ0v) is 8.43. The van der Waals surface area contributed by atoms with Crippen LogP contribution in [0.3, 0.4) is 0 Å². The molecule has 0 aliphatic carbocycles.